The Bertz CT molecular complexity index is 901. The Kier molecular flexibility index (Phi) is 4.50. The van der Waals surface area contributed by atoms with Gasteiger partial charge < -0.3 is 10.6 Å². The Balaban J connectivity index is 1.67. The highest BCUT2D eigenvalue weighted by Gasteiger charge is 2.31. The molecule has 3 aromatic rings. The molecule has 0 bridgehead atoms. The SMILES string of the molecule is CCn1cc(-c2cc3nccnc3c(NCC3(F)CCCNC3)n2)cn1. The van der Waals surface area contributed by atoms with Crippen LogP contribution in [0.15, 0.2) is 30.9 Å². The summed E-state index contributed by atoms with van der Waals surface area (Å²) in [4.78, 5) is 13.4. The van der Waals surface area contributed by atoms with Crippen molar-refractivity contribution >= 4 is 16.9 Å². The molecule has 136 valence electrons. The van der Waals surface area contributed by atoms with Gasteiger partial charge >= 0.3 is 0 Å². The fourth-order valence-electron chi connectivity index (χ4n) is 3.24. The van der Waals surface area contributed by atoms with Gasteiger partial charge in [-0.15, -0.1) is 0 Å². The summed E-state index contributed by atoms with van der Waals surface area (Å²) in [6.45, 7) is 4.23. The molecule has 8 heteroatoms. The number of hydrogen-bond donors (Lipinski definition) is 2. The number of aromatic nitrogens is 5. The van der Waals surface area contributed by atoms with Crippen molar-refractivity contribution in [3.05, 3.63) is 30.9 Å². The number of piperidine rings is 1. The first-order valence-electron chi connectivity index (χ1n) is 8.95. The first-order chi connectivity index (χ1) is 12.7. The van der Waals surface area contributed by atoms with Crippen molar-refractivity contribution in [2.24, 2.45) is 0 Å². The molecule has 1 fully saturated rings. The molecule has 7 nitrogen and oxygen atoms in total. The van der Waals surface area contributed by atoms with Crippen molar-refractivity contribution in [3.8, 4) is 11.3 Å². The standard InChI is InChI=1S/C18H22FN7/c1-2-26-10-13(9-24-26)14-8-15-16(22-7-6-21-15)17(25-14)23-12-18(19)4-3-5-20-11-18/h6-10,20H,2-5,11-12H2,1H3,(H,23,25). The summed E-state index contributed by atoms with van der Waals surface area (Å²) in [6, 6.07) is 1.89. The van der Waals surface area contributed by atoms with E-state index in [-0.39, 0.29) is 6.54 Å². The van der Waals surface area contributed by atoms with E-state index in [9.17, 15) is 4.39 Å². The maximum atomic E-state index is 14.9. The average Bonchev–Trinajstić information content (AvgIpc) is 3.16. The van der Waals surface area contributed by atoms with E-state index in [1.54, 1.807) is 18.6 Å². The Morgan fingerprint density at radius 3 is 3.00 bits per heavy atom. The topological polar surface area (TPSA) is 80.5 Å². The van der Waals surface area contributed by atoms with Gasteiger partial charge in [0.05, 0.1) is 24.0 Å². The van der Waals surface area contributed by atoms with Gasteiger partial charge in [0.1, 0.15) is 11.2 Å². The number of alkyl halides is 1. The van der Waals surface area contributed by atoms with Crippen LogP contribution < -0.4 is 10.6 Å². The molecule has 0 aliphatic carbocycles. The minimum atomic E-state index is -1.28. The highest BCUT2D eigenvalue weighted by molar-refractivity contribution is 5.88. The molecule has 0 spiro atoms. The second kappa shape index (κ2) is 6.95. The van der Waals surface area contributed by atoms with Crippen LogP contribution in [0.5, 0.6) is 0 Å². The largest absolute Gasteiger partial charge is 0.365 e. The Morgan fingerprint density at radius 1 is 1.35 bits per heavy atom. The van der Waals surface area contributed by atoms with Crippen LogP contribution in [0.1, 0.15) is 19.8 Å². The van der Waals surface area contributed by atoms with Gasteiger partial charge in [0, 0.05) is 37.2 Å². The Morgan fingerprint density at radius 2 is 2.23 bits per heavy atom. The van der Waals surface area contributed by atoms with Crippen LogP contribution in [-0.4, -0.2) is 50.0 Å². The van der Waals surface area contributed by atoms with E-state index in [1.807, 2.05) is 23.9 Å². The predicted octanol–water partition coefficient (Wildman–Crippen LogP) is 2.41. The number of anilines is 1. The first-order valence-corrected chi connectivity index (χ1v) is 8.95. The molecule has 0 aromatic carbocycles. The van der Waals surface area contributed by atoms with E-state index in [2.05, 4.69) is 30.7 Å². The molecule has 1 saturated heterocycles. The van der Waals surface area contributed by atoms with Crippen molar-refractivity contribution in [3.63, 3.8) is 0 Å². The number of pyridine rings is 1. The quantitative estimate of drug-likeness (QED) is 0.732. The molecule has 0 saturated carbocycles. The Labute approximate surface area is 151 Å². The summed E-state index contributed by atoms with van der Waals surface area (Å²) in [7, 11) is 0. The van der Waals surface area contributed by atoms with Crippen LogP contribution in [0.4, 0.5) is 10.2 Å². The van der Waals surface area contributed by atoms with Gasteiger partial charge in [0.15, 0.2) is 5.82 Å². The highest BCUT2D eigenvalue weighted by Crippen LogP contribution is 2.27. The van der Waals surface area contributed by atoms with Crippen LogP contribution in [0.2, 0.25) is 0 Å². The zero-order valence-corrected chi connectivity index (χ0v) is 14.7. The molecule has 3 aromatic heterocycles. The van der Waals surface area contributed by atoms with Gasteiger partial charge in [-0.2, -0.15) is 5.10 Å². The van der Waals surface area contributed by atoms with Gasteiger partial charge in [0.2, 0.25) is 0 Å². The Hall–Kier alpha value is -2.61. The molecule has 0 amide bonds. The summed E-state index contributed by atoms with van der Waals surface area (Å²) in [5.74, 6) is 0.553. The summed E-state index contributed by atoms with van der Waals surface area (Å²) < 4.78 is 16.8. The second-order valence-electron chi connectivity index (χ2n) is 6.65. The van der Waals surface area contributed by atoms with E-state index in [0.29, 0.717) is 24.3 Å². The van der Waals surface area contributed by atoms with Crippen LogP contribution in [0.25, 0.3) is 22.3 Å². The van der Waals surface area contributed by atoms with E-state index < -0.39 is 5.67 Å². The molecule has 0 radical (unpaired) electrons. The zero-order chi connectivity index (χ0) is 18.0. The number of hydrogen-bond acceptors (Lipinski definition) is 6. The van der Waals surface area contributed by atoms with Crippen LogP contribution in [-0.2, 0) is 6.54 Å². The number of fused-ring (bicyclic) bond motifs is 1. The number of rotatable bonds is 5. The summed E-state index contributed by atoms with van der Waals surface area (Å²) >= 11 is 0. The molecule has 4 rings (SSSR count). The lowest BCUT2D eigenvalue weighted by atomic mass is 9.96. The first kappa shape index (κ1) is 16.8. The van der Waals surface area contributed by atoms with Crippen molar-refractivity contribution < 1.29 is 4.39 Å². The van der Waals surface area contributed by atoms with Gasteiger partial charge in [0.25, 0.3) is 0 Å². The maximum absolute atomic E-state index is 14.9. The minimum absolute atomic E-state index is 0.191. The maximum Gasteiger partial charge on any atom is 0.155 e. The summed E-state index contributed by atoms with van der Waals surface area (Å²) in [6.07, 6.45) is 8.36. The average molecular weight is 355 g/mol. The molecule has 2 N–H and O–H groups in total. The highest BCUT2D eigenvalue weighted by atomic mass is 19.1. The lowest BCUT2D eigenvalue weighted by Crippen LogP contribution is -2.46. The minimum Gasteiger partial charge on any atom is -0.365 e. The fraction of sp³-hybridized carbons (Fsp3) is 0.444. The molecule has 1 unspecified atom stereocenters. The van der Waals surface area contributed by atoms with E-state index in [4.69, 9.17) is 0 Å². The number of nitrogens with zero attached hydrogens (tertiary/aromatic N) is 5. The smallest absolute Gasteiger partial charge is 0.155 e. The third-order valence-electron chi connectivity index (χ3n) is 4.70. The number of aryl methyl sites for hydroxylation is 1. The third kappa shape index (κ3) is 3.37. The van der Waals surface area contributed by atoms with Crippen molar-refractivity contribution in [2.75, 3.05) is 25.0 Å². The lowest BCUT2D eigenvalue weighted by Gasteiger charge is -2.30. The van der Waals surface area contributed by atoms with Crippen LogP contribution >= 0.6 is 0 Å². The monoisotopic (exact) mass is 355 g/mol. The van der Waals surface area contributed by atoms with Gasteiger partial charge in [-0.1, -0.05) is 0 Å². The number of nitrogens with one attached hydrogen (secondary N) is 2. The van der Waals surface area contributed by atoms with Gasteiger partial charge in [-0.05, 0) is 32.4 Å². The molecular weight excluding hydrogens is 333 g/mol. The molecular formula is C18H22FN7. The summed E-state index contributed by atoms with van der Waals surface area (Å²) in [5, 5.41) is 10.6. The normalized spacial score (nSPS) is 20.4. The van der Waals surface area contributed by atoms with Gasteiger partial charge in [-0.3, -0.25) is 9.67 Å². The molecule has 26 heavy (non-hydrogen) atoms. The van der Waals surface area contributed by atoms with Crippen LogP contribution in [0, 0.1) is 0 Å². The van der Waals surface area contributed by atoms with Crippen molar-refractivity contribution in [2.45, 2.75) is 32.0 Å². The third-order valence-corrected chi connectivity index (χ3v) is 4.70. The molecule has 1 aliphatic heterocycles. The van der Waals surface area contributed by atoms with Crippen LogP contribution in [0.3, 0.4) is 0 Å². The zero-order valence-electron chi connectivity index (χ0n) is 14.7. The van der Waals surface area contributed by atoms with Gasteiger partial charge in [-0.25, -0.2) is 14.4 Å². The molecule has 1 atom stereocenters. The fourth-order valence-corrected chi connectivity index (χ4v) is 3.24. The predicted molar refractivity (Wildman–Crippen MR) is 98.7 cm³/mol. The second-order valence-corrected chi connectivity index (χ2v) is 6.65. The van der Waals surface area contributed by atoms with Crippen molar-refractivity contribution in [1.29, 1.82) is 0 Å². The van der Waals surface area contributed by atoms with Crippen molar-refractivity contribution in [1.82, 2.24) is 30.0 Å². The number of halogens is 1. The van der Waals surface area contributed by atoms with E-state index in [0.717, 1.165) is 36.3 Å². The molecule has 4 heterocycles. The lowest BCUT2D eigenvalue weighted by molar-refractivity contribution is 0.137. The molecule has 1 aliphatic rings. The summed E-state index contributed by atoms with van der Waals surface area (Å²) in [5.41, 5.74) is 1.73. The van der Waals surface area contributed by atoms with E-state index >= 15 is 0 Å². The van der Waals surface area contributed by atoms with E-state index in [1.165, 1.54) is 0 Å².